The van der Waals surface area contributed by atoms with Gasteiger partial charge in [0.2, 0.25) is 0 Å². The van der Waals surface area contributed by atoms with Crippen LogP contribution in [0.15, 0.2) is 233 Å². The van der Waals surface area contributed by atoms with Crippen LogP contribution in [0, 0.1) is 0 Å². The summed E-state index contributed by atoms with van der Waals surface area (Å²) in [5, 5.41) is 11.9. The highest BCUT2D eigenvalue weighted by molar-refractivity contribution is 6.17. The molecule has 0 spiro atoms. The van der Waals surface area contributed by atoms with E-state index in [1.54, 1.807) is 0 Å². The van der Waals surface area contributed by atoms with Gasteiger partial charge in [0, 0.05) is 38.5 Å². The third-order valence-electron chi connectivity index (χ3n) is 12.8. The lowest BCUT2D eigenvalue weighted by Gasteiger charge is -2.28. The van der Waals surface area contributed by atoms with Crippen LogP contribution < -0.4 is 4.90 Å². The molecule has 63 heavy (non-hydrogen) atoms. The lowest BCUT2D eigenvalue weighted by Crippen LogP contribution is -2.11. The fourth-order valence-corrected chi connectivity index (χ4v) is 9.76. The van der Waals surface area contributed by atoms with Gasteiger partial charge < -0.3 is 13.7 Å². The Morgan fingerprint density at radius 3 is 1.59 bits per heavy atom. The van der Waals surface area contributed by atoms with E-state index >= 15 is 0 Å². The lowest BCUT2D eigenvalue weighted by atomic mass is 9.95. The summed E-state index contributed by atoms with van der Waals surface area (Å²) in [4.78, 5) is 2.38. The Kier molecular flexibility index (Phi) is 7.91. The predicted octanol–water partition coefficient (Wildman–Crippen LogP) is 17.4. The number of hydrogen-bond donors (Lipinski definition) is 0. The zero-order chi connectivity index (χ0) is 41.4. The minimum atomic E-state index is 0.873. The number of fused-ring (bicyclic) bond motifs is 10. The van der Waals surface area contributed by atoms with Crippen LogP contribution in [-0.2, 0) is 0 Å². The van der Waals surface area contributed by atoms with Crippen molar-refractivity contribution >= 4 is 93.3 Å². The van der Waals surface area contributed by atoms with Crippen molar-refractivity contribution in [2.75, 3.05) is 4.90 Å². The molecule has 13 aromatic rings. The zero-order valence-electron chi connectivity index (χ0n) is 34.1. The largest absolute Gasteiger partial charge is 0.456 e. The fraction of sp³-hybridized carbons (Fsp3) is 0. The van der Waals surface area contributed by atoms with Gasteiger partial charge in [-0.25, -0.2) is 0 Å². The molecule has 0 radical (unpaired) electrons. The average molecular weight is 804 g/mol. The summed E-state index contributed by atoms with van der Waals surface area (Å²) in [7, 11) is 0. The second-order valence-electron chi connectivity index (χ2n) is 16.5. The standard InChI is InChI=1S/C60H37NO2/c1-2-12-42-36-59-54(35-41(42)11-1)60-53(16-9-19-57(60)63-59)50-14-5-7-17-55(50)61(47-30-24-39(25-31-47)44-27-33-52-51-15-6-8-18-56(51)62-58(52)37-44)46-28-22-38(23-29-46)43-26-32-49-45(34-43)21-20-40-10-3-4-13-48(40)49/h1-37H. The monoisotopic (exact) mass is 803 g/mol. The van der Waals surface area contributed by atoms with E-state index in [-0.39, 0.29) is 0 Å². The first-order valence-corrected chi connectivity index (χ1v) is 21.5. The minimum absolute atomic E-state index is 0.873. The highest BCUT2D eigenvalue weighted by Crippen LogP contribution is 2.46. The van der Waals surface area contributed by atoms with Gasteiger partial charge in [-0.05, 0) is 133 Å². The molecule has 2 heterocycles. The SMILES string of the molecule is c1ccc(N(c2ccc(-c3ccc4c(ccc5ccccc54)c3)cc2)c2ccc(-c3ccc4c(c3)oc3ccccc34)cc2)c(-c2cccc3oc4cc5ccccc5cc4c23)c1. The molecule has 2 aromatic heterocycles. The third-order valence-corrected chi connectivity index (χ3v) is 12.8. The predicted molar refractivity (Wildman–Crippen MR) is 265 cm³/mol. The van der Waals surface area contributed by atoms with Gasteiger partial charge in [0.1, 0.15) is 22.3 Å². The van der Waals surface area contributed by atoms with E-state index in [4.69, 9.17) is 8.83 Å². The van der Waals surface area contributed by atoms with Crippen LogP contribution in [-0.4, -0.2) is 0 Å². The molecule has 0 N–H and O–H groups in total. The van der Waals surface area contributed by atoms with Crippen molar-refractivity contribution in [2.45, 2.75) is 0 Å². The Labute approximate surface area is 363 Å². The van der Waals surface area contributed by atoms with Gasteiger partial charge in [0.05, 0.1) is 5.69 Å². The van der Waals surface area contributed by atoms with Gasteiger partial charge in [-0.1, -0.05) is 152 Å². The van der Waals surface area contributed by atoms with Crippen molar-refractivity contribution < 1.29 is 8.83 Å². The average Bonchev–Trinajstić information content (AvgIpc) is 3.91. The van der Waals surface area contributed by atoms with Gasteiger partial charge in [0.25, 0.3) is 0 Å². The topological polar surface area (TPSA) is 29.5 Å². The molecule has 13 rings (SSSR count). The smallest absolute Gasteiger partial charge is 0.136 e. The van der Waals surface area contributed by atoms with Crippen LogP contribution >= 0.6 is 0 Å². The van der Waals surface area contributed by atoms with E-state index in [9.17, 15) is 0 Å². The maximum Gasteiger partial charge on any atom is 0.136 e. The molecule has 0 amide bonds. The van der Waals surface area contributed by atoms with Gasteiger partial charge in [0.15, 0.2) is 0 Å². The molecule has 3 nitrogen and oxygen atoms in total. The minimum Gasteiger partial charge on any atom is -0.456 e. The molecule has 0 aliphatic rings. The molecule has 0 unspecified atom stereocenters. The summed E-state index contributed by atoms with van der Waals surface area (Å²) in [6, 6.07) is 80.6. The van der Waals surface area contributed by atoms with E-state index < -0.39 is 0 Å². The quantitative estimate of drug-likeness (QED) is 0.157. The van der Waals surface area contributed by atoms with Gasteiger partial charge >= 0.3 is 0 Å². The molecule has 3 heteroatoms. The number of furan rings is 2. The van der Waals surface area contributed by atoms with E-state index in [1.807, 2.05) is 12.1 Å². The van der Waals surface area contributed by atoms with Gasteiger partial charge in [-0.3, -0.25) is 0 Å². The van der Waals surface area contributed by atoms with E-state index in [0.717, 1.165) is 83.2 Å². The van der Waals surface area contributed by atoms with E-state index in [0.29, 0.717) is 0 Å². The molecular formula is C60H37NO2. The Hall–Kier alpha value is -8.40. The fourth-order valence-electron chi connectivity index (χ4n) is 9.76. The first-order valence-electron chi connectivity index (χ1n) is 21.5. The molecule has 0 saturated carbocycles. The number of hydrogen-bond acceptors (Lipinski definition) is 3. The van der Waals surface area contributed by atoms with Crippen LogP contribution in [0.3, 0.4) is 0 Å². The third kappa shape index (κ3) is 5.82. The summed E-state index contributed by atoms with van der Waals surface area (Å²) in [5.74, 6) is 0. The van der Waals surface area contributed by atoms with Crippen molar-refractivity contribution in [3.05, 3.63) is 224 Å². The maximum atomic E-state index is 6.57. The maximum absolute atomic E-state index is 6.57. The second-order valence-corrected chi connectivity index (χ2v) is 16.5. The Balaban J connectivity index is 0.950. The van der Waals surface area contributed by atoms with Crippen molar-refractivity contribution in [1.29, 1.82) is 0 Å². The summed E-state index contributed by atoms with van der Waals surface area (Å²) < 4.78 is 12.9. The molecule has 0 bridgehead atoms. The van der Waals surface area contributed by atoms with Crippen LogP contribution in [0.4, 0.5) is 17.1 Å². The molecular weight excluding hydrogens is 767 g/mol. The Bertz CT molecular complexity index is 3910. The number of rotatable bonds is 6. The van der Waals surface area contributed by atoms with Crippen LogP contribution in [0.2, 0.25) is 0 Å². The summed E-state index contributed by atoms with van der Waals surface area (Å²) in [6.45, 7) is 0. The first-order chi connectivity index (χ1) is 31.2. The molecule has 11 aromatic carbocycles. The normalized spacial score (nSPS) is 11.8. The molecule has 294 valence electrons. The number of anilines is 3. The number of para-hydroxylation sites is 2. The second kappa shape index (κ2) is 14.1. The summed E-state index contributed by atoms with van der Waals surface area (Å²) in [6.07, 6.45) is 0. The molecule has 0 saturated heterocycles. The van der Waals surface area contributed by atoms with Crippen LogP contribution in [0.25, 0.3) is 110 Å². The summed E-state index contributed by atoms with van der Waals surface area (Å²) in [5.41, 5.74) is 13.6. The van der Waals surface area contributed by atoms with E-state index in [2.05, 4.69) is 217 Å². The van der Waals surface area contributed by atoms with Gasteiger partial charge in [-0.15, -0.1) is 0 Å². The Morgan fingerprint density at radius 1 is 0.270 bits per heavy atom. The van der Waals surface area contributed by atoms with Crippen LogP contribution in [0.1, 0.15) is 0 Å². The highest BCUT2D eigenvalue weighted by atomic mass is 16.3. The highest BCUT2D eigenvalue weighted by Gasteiger charge is 2.21. The molecule has 0 fully saturated rings. The van der Waals surface area contributed by atoms with Crippen molar-refractivity contribution in [2.24, 2.45) is 0 Å². The van der Waals surface area contributed by atoms with Crippen molar-refractivity contribution in [3.63, 3.8) is 0 Å². The van der Waals surface area contributed by atoms with Gasteiger partial charge in [-0.2, -0.15) is 0 Å². The summed E-state index contributed by atoms with van der Waals surface area (Å²) >= 11 is 0. The first kappa shape index (κ1) is 35.4. The lowest BCUT2D eigenvalue weighted by molar-refractivity contribution is 0.669. The number of nitrogens with zero attached hydrogens (tertiary/aromatic N) is 1. The van der Waals surface area contributed by atoms with Crippen LogP contribution in [0.5, 0.6) is 0 Å². The molecule has 0 atom stereocenters. The van der Waals surface area contributed by atoms with Crippen molar-refractivity contribution in [3.8, 4) is 33.4 Å². The zero-order valence-corrected chi connectivity index (χ0v) is 34.1. The number of benzene rings is 11. The molecule has 0 aliphatic carbocycles. The van der Waals surface area contributed by atoms with E-state index in [1.165, 1.54) is 43.4 Å². The molecule has 0 aliphatic heterocycles. The van der Waals surface area contributed by atoms with Crippen molar-refractivity contribution in [1.82, 2.24) is 0 Å². The Morgan fingerprint density at radius 2 is 0.794 bits per heavy atom.